The smallest absolute Gasteiger partial charge is 0.290 e. The summed E-state index contributed by atoms with van der Waals surface area (Å²) >= 11 is 1.49. The first-order chi connectivity index (χ1) is 16.2. The lowest BCUT2D eigenvalue weighted by Crippen LogP contribution is -2.29. The van der Waals surface area contributed by atoms with E-state index in [1.807, 2.05) is 30.5 Å². The quantitative estimate of drug-likeness (QED) is 0.356. The second-order valence-electron chi connectivity index (χ2n) is 7.66. The second kappa shape index (κ2) is 9.40. The number of fused-ring (bicyclic) bond motifs is 3. The lowest BCUT2D eigenvalue weighted by atomic mass is 9.99. The van der Waals surface area contributed by atoms with Crippen LogP contribution in [0.1, 0.15) is 16.7 Å². The van der Waals surface area contributed by atoms with Crippen LogP contribution >= 0.6 is 11.3 Å². The molecule has 8 heteroatoms. The van der Waals surface area contributed by atoms with Crippen molar-refractivity contribution in [3.8, 4) is 10.9 Å². The number of benzene rings is 2. The number of carbonyl (C=O) groups is 1. The highest BCUT2D eigenvalue weighted by atomic mass is 32.1. The molecule has 0 saturated heterocycles. The van der Waals surface area contributed by atoms with E-state index >= 15 is 0 Å². The number of hydrogen-bond acceptors (Lipinski definition) is 7. The highest BCUT2D eigenvalue weighted by Crippen LogP contribution is 2.33. The number of nitrogens with zero attached hydrogens (tertiary/aromatic N) is 3. The Labute approximate surface area is 193 Å². The Morgan fingerprint density at radius 3 is 2.85 bits per heavy atom. The molecule has 0 fully saturated rings. The predicted molar refractivity (Wildman–Crippen MR) is 127 cm³/mol. The van der Waals surface area contributed by atoms with Gasteiger partial charge in [-0.25, -0.2) is 4.98 Å². The van der Waals surface area contributed by atoms with E-state index in [4.69, 9.17) is 19.1 Å². The molecule has 7 nitrogen and oxygen atoms in total. The van der Waals surface area contributed by atoms with Crippen molar-refractivity contribution in [1.29, 1.82) is 0 Å². The van der Waals surface area contributed by atoms with Crippen molar-refractivity contribution in [2.24, 2.45) is 0 Å². The number of aromatic nitrogens is 2. The van der Waals surface area contributed by atoms with Gasteiger partial charge in [-0.3, -0.25) is 9.69 Å². The molecule has 1 N–H and O–H groups in total. The van der Waals surface area contributed by atoms with Crippen LogP contribution in [-0.4, -0.2) is 33.0 Å². The van der Waals surface area contributed by atoms with E-state index in [0.717, 1.165) is 41.7 Å². The molecular formula is C25H21N3O4S. The van der Waals surface area contributed by atoms with E-state index in [-0.39, 0.29) is 6.47 Å². The summed E-state index contributed by atoms with van der Waals surface area (Å²) in [6, 6.07) is 18.6. The van der Waals surface area contributed by atoms with Crippen LogP contribution in [0.3, 0.4) is 0 Å². The number of thiazole rings is 1. The fraction of sp³-hybridized carbons (Fsp3) is 0.160. The first-order valence-electron chi connectivity index (χ1n) is 10.5. The molecule has 0 bridgehead atoms. The van der Waals surface area contributed by atoms with Gasteiger partial charge in [-0.2, -0.15) is 4.98 Å². The topological polar surface area (TPSA) is 88.7 Å². The lowest BCUT2D eigenvalue weighted by molar-refractivity contribution is -0.122. The van der Waals surface area contributed by atoms with Crippen molar-refractivity contribution in [2.45, 2.75) is 19.5 Å². The first-order valence-corrected chi connectivity index (χ1v) is 11.3. The first kappa shape index (κ1) is 21.1. The van der Waals surface area contributed by atoms with E-state index in [1.165, 1.54) is 28.0 Å². The molecule has 33 heavy (non-hydrogen) atoms. The fourth-order valence-electron chi connectivity index (χ4n) is 4.07. The third-order valence-electron chi connectivity index (χ3n) is 5.58. The van der Waals surface area contributed by atoms with E-state index in [1.54, 1.807) is 6.20 Å². The van der Waals surface area contributed by atoms with E-state index in [0.29, 0.717) is 16.6 Å². The van der Waals surface area contributed by atoms with Crippen LogP contribution in [0.5, 0.6) is 10.9 Å². The van der Waals surface area contributed by atoms with Crippen molar-refractivity contribution in [3.63, 3.8) is 0 Å². The van der Waals surface area contributed by atoms with Crippen LogP contribution in [0.2, 0.25) is 0 Å². The molecule has 0 amide bonds. The van der Waals surface area contributed by atoms with Gasteiger partial charge >= 0.3 is 0 Å². The van der Waals surface area contributed by atoms with E-state index < -0.39 is 0 Å². The van der Waals surface area contributed by atoms with Gasteiger partial charge in [-0.1, -0.05) is 35.6 Å². The molecule has 166 valence electrons. The molecular weight excluding hydrogens is 438 g/mol. The van der Waals surface area contributed by atoms with Crippen molar-refractivity contribution in [3.05, 3.63) is 83.7 Å². The Morgan fingerprint density at radius 1 is 1.15 bits per heavy atom. The summed E-state index contributed by atoms with van der Waals surface area (Å²) < 4.78 is 12.8. The van der Waals surface area contributed by atoms with Crippen molar-refractivity contribution >= 4 is 39.1 Å². The maximum Gasteiger partial charge on any atom is 0.290 e. The minimum Gasteiger partial charge on any atom is -0.483 e. The molecule has 6 rings (SSSR count). The molecule has 0 aliphatic carbocycles. The number of rotatable bonds is 4. The third kappa shape index (κ3) is 4.57. The summed E-state index contributed by atoms with van der Waals surface area (Å²) in [5, 5.41) is 8.61. The Bertz CT molecular complexity index is 1380. The van der Waals surface area contributed by atoms with E-state index in [9.17, 15) is 0 Å². The maximum absolute atomic E-state index is 8.36. The minimum absolute atomic E-state index is 0.250. The monoisotopic (exact) mass is 459 g/mol. The second-order valence-corrected chi connectivity index (χ2v) is 8.65. The summed E-state index contributed by atoms with van der Waals surface area (Å²) in [6.07, 6.45) is 4.71. The summed E-state index contributed by atoms with van der Waals surface area (Å²) in [5.41, 5.74) is 5.65. The fourth-order valence-corrected chi connectivity index (χ4v) is 4.87. The maximum atomic E-state index is 8.36. The zero-order valence-electron chi connectivity index (χ0n) is 17.7. The summed E-state index contributed by atoms with van der Waals surface area (Å²) in [5.74, 6) is 0.717. The van der Waals surface area contributed by atoms with Crippen LogP contribution in [-0.2, 0) is 24.3 Å². The average molecular weight is 460 g/mol. The number of ether oxygens (including phenoxy) is 1. The number of carboxylic acid groups (broad SMARTS) is 1. The molecule has 4 heterocycles. The van der Waals surface area contributed by atoms with Crippen LogP contribution in [0, 0.1) is 0 Å². The minimum atomic E-state index is -0.250. The number of hydrogen-bond donors (Lipinski definition) is 1. The Morgan fingerprint density at radius 2 is 2.00 bits per heavy atom. The van der Waals surface area contributed by atoms with Gasteiger partial charge in [0.15, 0.2) is 5.65 Å². The summed E-state index contributed by atoms with van der Waals surface area (Å²) in [7, 11) is 0. The SMILES string of the molecule is O=CO.c1ccc2c(c1)CCN(Cc1coc3cc(Oc4nc5ncccc5s4)ccc13)C2. The highest BCUT2D eigenvalue weighted by molar-refractivity contribution is 7.20. The van der Waals surface area contributed by atoms with Gasteiger partial charge in [-0.15, -0.1) is 0 Å². The van der Waals surface area contributed by atoms with Crippen molar-refractivity contribution in [2.75, 3.05) is 6.54 Å². The molecule has 2 aromatic carbocycles. The molecule has 5 aromatic rings. The van der Waals surface area contributed by atoms with Gasteiger partial charge in [0.2, 0.25) is 0 Å². The molecule has 1 aliphatic rings. The van der Waals surface area contributed by atoms with Crippen LogP contribution in [0.4, 0.5) is 0 Å². The van der Waals surface area contributed by atoms with Gasteiger partial charge in [-0.05, 0) is 41.8 Å². The van der Waals surface area contributed by atoms with Gasteiger partial charge in [0.05, 0.1) is 11.0 Å². The molecule has 3 aromatic heterocycles. The predicted octanol–water partition coefficient (Wildman–Crippen LogP) is 5.49. The standard InChI is InChI=1S/C24H19N3O2S.CH2O2/c1-2-5-17-13-27(11-9-16(17)4-1)14-18-15-28-21-12-19(7-8-20(18)21)29-24-26-23-22(30-24)6-3-10-25-23;2-1-3/h1-8,10,12,15H,9,11,13-14H2;1H,(H,2,3). The highest BCUT2D eigenvalue weighted by Gasteiger charge is 2.18. The number of furan rings is 1. The zero-order chi connectivity index (χ0) is 22.6. The zero-order valence-corrected chi connectivity index (χ0v) is 18.5. The van der Waals surface area contributed by atoms with Gasteiger partial charge in [0.1, 0.15) is 11.3 Å². The van der Waals surface area contributed by atoms with Crippen molar-refractivity contribution in [1.82, 2.24) is 14.9 Å². The van der Waals surface area contributed by atoms with Crippen molar-refractivity contribution < 1.29 is 19.1 Å². The van der Waals surface area contributed by atoms with Gasteiger partial charge < -0.3 is 14.3 Å². The third-order valence-corrected chi connectivity index (χ3v) is 6.47. The summed E-state index contributed by atoms with van der Waals surface area (Å²) in [6.45, 7) is 2.68. The van der Waals surface area contributed by atoms with Crippen LogP contribution < -0.4 is 4.74 Å². The number of pyridine rings is 1. The molecule has 0 radical (unpaired) electrons. The molecule has 0 unspecified atom stereocenters. The lowest BCUT2D eigenvalue weighted by Gasteiger charge is -2.28. The van der Waals surface area contributed by atoms with Gasteiger partial charge in [0, 0.05) is 42.8 Å². The van der Waals surface area contributed by atoms with Crippen LogP contribution in [0.25, 0.3) is 21.3 Å². The Hall–Kier alpha value is -3.75. The Balaban J connectivity index is 0.000000724. The summed E-state index contributed by atoms with van der Waals surface area (Å²) in [4.78, 5) is 19.5. The molecule has 0 spiro atoms. The largest absolute Gasteiger partial charge is 0.483 e. The molecule has 0 atom stereocenters. The Kier molecular flexibility index (Phi) is 6.01. The average Bonchev–Trinajstić information content (AvgIpc) is 3.43. The molecule has 1 aliphatic heterocycles. The normalized spacial score (nSPS) is 13.3. The molecule has 0 saturated carbocycles. The van der Waals surface area contributed by atoms with Crippen LogP contribution in [0.15, 0.2) is 71.5 Å². The van der Waals surface area contributed by atoms with E-state index in [2.05, 4.69) is 45.2 Å². The van der Waals surface area contributed by atoms with Gasteiger partial charge in [0.25, 0.3) is 11.7 Å².